The number of amides is 3. The summed E-state index contributed by atoms with van der Waals surface area (Å²) < 4.78 is 0. The fourth-order valence-electron chi connectivity index (χ4n) is 8.19. The highest BCUT2D eigenvalue weighted by atomic mass is 16.3. The largest absolute Gasteiger partial charge is 0.504 e. The summed E-state index contributed by atoms with van der Waals surface area (Å²) in [6, 6.07) is 13.8. The number of unbranched alkanes of at least 4 members (excludes halogenated alkanes) is 2. The predicted molar refractivity (Wildman–Crippen MR) is 299 cm³/mol. The number of nitrogens with one attached hydrogen (secondary N) is 8. The van der Waals surface area contributed by atoms with Crippen LogP contribution in [0.2, 0.25) is 0 Å². The summed E-state index contributed by atoms with van der Waals surface area (Å²) in [7, 11) is 0. The first-order valence-corrected chi connectivity index (χ1v) is 27.3. The van der Waals surface area contributed by atoms with Crippen molar-refractivity contribution >= 4 is 17.7 Å². The Balaban J connectivity index is 1.55. The number of carbonyl (C=O) groups is 3. The summed E-state index contributed by atoms with van der Waals surface area (Å²) in [5.41, 5.74) is 13.7. The number of nitrogens with two attached hydrogens (primary N) is 2. The van der Waals surface area contributed by atoms with Gasteiger partial charge in [0.25, 0.3) is 0 Å². The molecule has 0 aromatic heterocycles. The number of rotatable bonds is 46. The van der Waals surface area contributed by atoms with E-state index in [1.807, 2.05) is 0 Å². The summed E-state index contributed by atoms with van der Waals surface area (Å²) in [4.78, 5) is 45.3. The molecule has 428 valence electrons. The van der Waals surface area contributed by atoms with Gasteiger partial charge in [0.05, 0.1) is 0 Å². The molecule has 3 amide bonds. The first kappa shape index (κ1) is 64.8. The molecule has 0 heterocycles. The molecule has 3 aromatic carbocycles. The van der Waals surface area contributed by atoms with Gasteiger partial charge in [-0.1, -0.05) is 24.6 Å². The van der Waals surface area contributed by atoms with Gasteiger partial charge in [0.15, 0.2) is 34.5 Å². The molecule has 0 aliphatic carbocycles. The lowest BCUT2D eigenvalue weighted by Gasteiger charge is -2.30. The summed E-state index contributed by atoms with van der Waals surface area (Å²) in [5, 5.41) is 84.4. The van der Waals surface area contributed by atoms with Crippen molar-refractivity contribution in [1.29, 1.82) is 0 Å². The molecule has 0 saturated carbocycles. The molecule has 0 bridgehead atoms. The van der Waals surface area contributed by atoms with Gasteiger partial charge in [-0.3, -0.25) is 24.2 Å². The summed E-state index contributed by atoms with van der Waals surface area (Å²) in [5.74, 6) is -1.43. The van der Waals surface area contributed by atoms with Crippen LogP contribution < -0.4 is 54.0 Å². The average Bonchev–Trinajstić information content (AvgIpc) is 3.40. The van der Waals surface area contributed by atoms with Gasteiger partial charge in [0.1, 0.15) is 0 Å². The third kappa shape index (κ3) is 30.9. The standard InChI is InChI=1S/C54H93N13O9/c55-16-19-57-21-23-60-28-33-66(32-27-58-20-17-56)38-36-65(31-3-1-2-18-62-52(74)13-7-43-4-10-46(68)49(71)40-43)37-39-67(35-30-64-54(76)15-9-45-6-12-48(70)51(73)42-45)34-29-61-24-22-59-25-26-63-53(75)14-8-44-5-11-47(69)50(72)41-44/h4-6,10-12,40-42,57-61,68-73H,1-3,7-9,13-39,55-56H2,(H,62,74)(H,63,75)(H,64,76). The van der Waals surface area contributed by atoms with E-state index in [1.54, 1.807) is 18.2 Å². The first-order valence-electron chi connectivity index (χ1n) is 27.3. The normalized spacial score (nSPS) is 11.5. The van der Waals surface area contributed by atoms with Gasteiger partial charge in [0, 0.05) is 170 Å². The number of benzene rings is 3. The second-order valence-corrected chi connectivity index (χ2v) is 18.9. The van der Waals surface area contributed by atoms with Gasteiger partial charge in [0.2, 0.25) is 17.7 Å². The minimum absolute atomic E-state index is 0.0550. The Bertz CT molecular complexity index is 2060. The second kappa shape index (κ2) is 40.7. The molecule has 3 aromatic rings. The third-order valence-electron chi connectivity index (χ3n) is 12.8. The molecular weight excluding hydrogens is 975 g/mol. The van der Waals surface area contributed by atoms with Crippen molar-refractivity contribution in [2.45, 2.75) is 57.8 Å². The van der Waals surface area contributed by atoms with Crippen LogP contribution >= 0.6 is 0 Å². The van der Waals surface area contributed by atoms with Crippen LogP contribution in [0.1, 0.15) is 55.2 Å². The molecule has 22 nitrogen and oxygen atoms in total. The Hall–Kier alpha value is -5.53. The van der Waals surface area contributed by atoms with Gasteiger partial charge in [-0.15, -0.1) is 0 Å². The van der Waals surface area contributed by atoms with E-state index in [1.165, 1.54) is 36.4 Å². The Labute approximate surface area is 450 Å². The number of phenols is 6. The topological polar surface area (TPSA) is 331 Å². The highest BCUT2D eigenvalue weighted by Crippen LogP contribution is 2.27. The first-order chi connectivity index (χ1) is 36.9. The molecule has 0 aliphatic heterocycles. The maximum Gasteiger partial charge on any atom is 0.220 e. The van der Waals surface area contributed by atoms with Crippen LogP contribution in [0, 0.1) is 0 Å². The monoisotopic (exact) mass is 1070 g/mol. The maximum absolute atomic E-state index is 13.0. The number of carbonyl (C=O) groups excluding carboxylic acids is 3. The Morgan fingerprint density at radius 1 is 0.342 bits per heavy atom. The van der Waals surface area contributed by atoms with Crippen LogP contribution in [0.25, 0.3) is 0 Å². The molecule has 0 atom stereocenters. The van der Waals surface area contributed by atoms with Crippen molar-refractivity contribution in [3.05, 3.63) is 71.3 Å². The Morgan fingerprint density at radius 3 is 1.08 bits per heavy atom. The zero-order chi connectivity index (χ0) is 55.0. The number of nitrogens with zero attached hydrogens (tertiary/aromatic N) is 3. The number of hydrogen-bond donors (Lipinski definition) is 16. The lowest BCUT2D eigenvalue weighted by atomic mass is 10.1. The van der Waals surface area contributed by atoms with Crippen molar-refractivity contribution in [3.63, 3.8) is 0 Å². The van der Waals surface area contributed by atoms with E-state index in [4.69, 9.17) is 11.5 Å². The molecule has 18 N–H and O–H groups in total. The van der Waals surface area contributed by atoms with Crippen LogP contribution in [0.15, 0.2) is 54.6 Å². The zero-order valence-electron chi connectivity index (χ0n) is 44.9. The Morgan fingerprint density at radius 2 is 0.671 bits per heavy atom. The van der Waals surface area contributed by atoms with E-state index in [9.17, 15) is 45.0 Å². The molecule has 0 radical (unpaired) electrons. The van der Waals surface area contributed by atoms with Gasteiger partial charge >= 0.3 is 0 Å². The SMILES string of the molecule is NCCNCCNCCN(CCNCCN)CCN(CCCCCNC(=O)CCc1ccc(O)c(O)c1)CCN(CCNCCNCCNC(=O)CCc1ccc(O)c(O)c1)CCNC(=O)CCc1ccc(O)c(O)c1. The van der Waals surface area contributed by atoms with Crippen molar-refractivity contribution in [2.75, 3.05) is 157 Å². The van der Waals surface area contributed by atoms with Gasteiger partial charge in [-0.25, -0.2) is 0 Å². The van der Waals surface area contributed by atoms with E-state index in [-0.39, 0.29) is 71.5 Å². The van der Waals surface area contributed by atoms with Crippen LogP contribution in [-0.2, 0) is 33.6 Å². The van der Waals surface area contributed by atoms with E-state index in [0.717, 1.165) is 141 Å². The van der Waals surface area contributed by atoms with E-state index < -0.39 is 0 Å². The Kier molecular flexibility index (Phi) is 34.7. The van der Waals surface area contributed by atoms with Crippen molar-refractivity contribution in [3.8, 4) is 34.5 Å². The number of hydrogen-bond acceptors (Lipinski definition) is 19. The van der Waals surface area contributed by atoms with Crippen molar-refractivity contribution in [2.24, 2.45) is 11.5 Å². The molecule has 76 heavy (non-hydrogen) atoms. The highest BCUT2D eigenvalue weighted by Gasteiger charge is 2.14. The van der Waals surface area contributed by atoms with Crippen LogP contribution in [0.4, 0.5) is 0 Å². The zero-order valence-corrected chi connectivity index (χ0v) is 44.9. The quantitative estimate of drug-likeness (QED) is 0.0248. The maximum atomic E-state index is 13.0. The van der Waals surface area contributed by atoms with Gasteiger partial charge in [-0.05, 0) is 91.7 Å². The molecule has 0 saturated heterocycles. The highest BCUT2D eigenvalue weighted by molar-refractivity contribution is 5.77. The molecule has 0 unspecified atom stereocenters. The molecule has 0 fully saturated rings. The summed E-state index contributed by atoms with van der Waals surface area (Å²) in [6.07, 6.45) is 4.88. The van der Waals surface area contributed by atoms with Crippen LogP contribution in [0.3, 0.4) is 0 Å². The number of aryl methyl sites for hydroxylation is 3. The molecule has 3 rings (SSSR count). The number of phenolic OH excluding ortho intramolecular Hbond substituents is 6. The molecule has 0 spiro atoms. The van der Waals surface area contributed by atoms with Crippen LogP contribution in [0.5, 0.6) is 34.5 Å². The summed E-state index contributed by atoms with van der Waals surface area (Å²) >= 11 is 0. The van der Waals surface area contributed by atoms with Crippen molar-refractivity contribution in [1.82, 2.24) is 57.2 Å². The fraction of sp³-hybridized carbons (Fsp3) is 0.611. The van der Waals surface area contributed by atoms with Crippen LogP contribution in [-0.4, -0.2) is 220 Å². The molecule has 22 heteroatoms. The van der Waals surface area contributed by atoms with Gasteiger partial charge < -0.3 is 89.5 Å². The average molecular weight is 1070 g/mol. The van der Waals surface area contributed by atoms with E-state index >= 15 is 0 Å². The van der Waals surface area contributed by atoms with Gasteiger partial charge in [-0.2, -0.15) is 0 Å². The third-order valence-corrected chi connectivity index (χ3v) is 12.8. The number of aromatic hydroxyl groups is 6. The second-order valence-electron chi connectivity index (χ2n) is 18.9. The lowest BCUT2D eigenvalue weighted by Crippen LogP contribution is -2.46. The minimum atomic E-state index is -0.212. The lowest BCUT2D eigenvalue weighted by molar-refractivity contribution is -0.121. The molecular formula is C54H93N13O9. The van der Waals surface area contributed by atoms with E-state index in [2.05, 4.69) is 57.2 Å². The predicted octanol–water partition coefficient (Wildman–Crippen LogP) is -0.591. The fourth-order valence-corrected chi connectivity index (χ4v) is 8.19. The summed E-state index contributed by atoms with van der Waals surface area (Å²) in [6.45, 7) is 17.8. The van der Waals surface area contributed by atoms with Crippen molar-refractivity contribution < 1.29 is 45.0 Å². The minimum Gasteiger partial charge on any atom is -0.504 e. The smallest absolute Gasteiger partial charge is 0.220 e. The van der Waals surface area contributed by atoms with E-state index in [0.29, 0.717) is 71.6 Å². The molecule has 0 aliphatic rings.